The van der Waals surface area contributed by atoms with E-state index in [-0.39, 0.29) is 31.3 Å². The Balaban J connectivity index is 0.00000338. The fraction of sp³-hybridized carbons (Fsp3) is 0.294. The molecule has 0 unspecified atom stereocenters. The average molecular weight is 394 g/mol. The Bertz CT molecular complexity index is 726. The van der Waals surface area contributed by atoms with Gasteiger partial charge in [-0.05, 0) is 35.4 Å². The summed E-state index contributed by atoms with van der Waals surface area (Å²) in [5.41, 5.74) is 6.45. The third-order valence-electron chi connectivity index (χ3n) is 3.26. The van der Waals surface area contributed by atoms with Crippen LogP contribution in [0.4, 0.5) is 13.2 Å². The molecule has 0 amide bonds. The van der Waals surface area contributed by atoms with Crippen molar-refractivity contribution >= 4 is 12.4 Å². The van der Waals surface area contributed by atoms with Gasteiger partial charge in [0, 0.05) is 6.54 Å². The summed E-state index contributed by atoms with van der Waals surface area (Å²) >= 11 is 0. The lowest BCUT2D eigenvalue weighted by molar-refractivity contribution is -0.275. The Kier molecular flexibility index (Phi) is 7.85. The Morgan fingerprint density at radius 3 is 1.88 bits per heavy atom. The van der Waals surface area contributed by atoms with Gasteiger partial charge >= 0.3 is 6.36 Å². The van der Waals surface area contributed by atoms with E-state index in [1.54, 1.807) is 24.3 Å². The van der Waals surface area contributed by atoms with E-state index in [2.05, 4.69) is 4.74 Å². The molecule has 0 radical (unpaired) electrons. The molecule has 0 aromatic heterocycles. The Morgan fingerprint density at radius 2 is 1.38 bits per heavy atom. The first-order valence-electron chi connectivity index (χ1n) is 7.33. The summed E-state index contributed by atoms with van der Waals surface area (Å²) in [6.45, 7) is 0.243. The van der Waals surface area contributed by atoms with Gasteiger partial charge in [0.2, 0.25) is 0 Å². The van der Waals surface area contributed by atoms with Gasteiger partial charge in [-0.15, -0.1) is 25.6 Å². The van der Waals surface area contributed by atoms with Crippen LogP contribution in [0.5, 0.6) is 23.0 Å². The fourth-order valence-corrected chi connectivity index (χ4v) is 2.20. The maximum atomic E-state index is 12.7. The van der Waals surface area contributed by atoms with Crippen LogP contribution in [0.15, 0.2) is 36.4 Å². The Morgan fingerprint density at radius 1 is 0.846 bits per heavy atom. The van der Waals surface area contributed by atoms with Crippen molar-refractivity contribution in [2.45, 2.75) is 6.36 Å². The molecule has 144 valence electrons. The number of alkyl halides is 3. The lowest BCUT2D eigenvalue weighted by atomic mass is 10.0. The third kappa shape index (κ3) is 5.60. The average Bonchev–Trinajstić information content (AvgIpc) is 2.58. The number of hydrogen-bond donors (Lipinski definition) is 1. The monoisotopic (exact) mass is 393 g/mol. The number of benzene rings is 2. The van der Waals surface area contributed by atoms with Crippen molar-refractivity contribution in [1.82, 2.24) is 0 Å². The van der Waals surface area contributed by atoms with E-state index >= 15 is 0 Å². The van der Waals surface area contributed by atoms with Crippen LogP contribution in [0, 0.1) is 0 Å². The molecule has 2 N–H and O–H groups in total. The number of halogens is 4. The second kappa shape index (κ2) is 9.40. The van der Waals surface area contributed by atoms with Gasteiger partial charge < -0.3 is 24.7 Å². The summed E-state index contributed by atoms with van der Waals surface area (Å²) in [5.74, 6) is 0.503. The van der Waals surface area contributed by atoms with E-state index in [0.29, 0.717) is 22.6 Å². The quantitative estimate of drug-likeness (QED) is 0.769. The summed E-state index contributed by atoms with van der Waals surface area (Å²) in [5, 5.41) is 0. The number of hydrogen-bond acceptors (Lipinski definition) is 5. The van der Waals surface area contributed by atoms with Gasteiger partial charge in [-0.2, -0.15) is 0 Å². The number of nitrogens with two attached hydrogens (primary N) is 1. The van der Waals surface area contributed by atoms with Crippen molar-refractivity contribution in [3.63, 3.8) is 0 Å². The molecule has 0 aliphatic carbocycles. The molecule has 2 aromatic rings. The van der Waals surface area contributed by atoms with E-state index < -0.39 is 12.1 Å². The van der Waals surface area contributed by atoms with E-state index in [0.717, 1.165) is 0 Å². The minimum Gasteiger partial charge on any atom is -0.493 e. The van der Waals surface area contributed by atoms with Crippen LogP contribution in [0.2, 0.25) is 0 Å². The van der Waals surface area contributed by atoms with Crippen molar-refractivity contribution in [2.75, 3.05) is 27.4 Å². The van der Waals surface area contributed by atoms with E-state index in [1.807, 2.05) is 0 Å². The molecular weight excluding hydrogens is 375 g/mol. The fourth-order valence-electron chi connectivity index (χ4n) is 2.20. The highest BCUT2D eigenvalue weighted by Gasteiger charge is 2.32. The lowest BCUT2D eigenvalue weighted by Gasteiger charge is -2.16. The van der Waals surface area contributed by atoms with Gasteiger partial charge in [0.25, 0.3) is 0 Å². The predicted octanol–water partition coefficient (Wildman–Crippen LogP) is 4.03. The maximum absolute atomic E-state index is 12.7. The summed E-state index contributed by atoms with van der Waals surface area (Å²) in [7, 11) is 2.97. The molecule has 2 aromatic carbocycles. The molecule has 0 fully saturated rings. The zero-order valence-corrected chi connectivity index (χ0v) is 14.9. The van der Waals surface area contributed by atoms with Gasteiger partial charge in [-0.25, -0.2) is 0 Å². The standard InChI is InChI=1S/C17H18F3NO4.ClH/c1-22-13-5-3-11(9-15(13)23-2)12-4-6-14(24-8-7-21)16(10-12)25-17(18,19)20;/h3-6,9-10H,7-8,21H2,1-2H3;1H. The Hall–Kier alpha value is -2.32. The van der Waals surface area contributed by atoms with Gasteiger partial charge in [-0.1, -0.05) is 12.1 Å². The largest absolute Gasteiger partial charge is 0.573 e. The first-order valence-corrected chi connectivity index (χ1v) is 7.33. The normalized spacial score (nSPS) is 10.7. The second-order valence-electron chi connectivity index (χ2n) is 4.92. The summed E-state index contributed by atoms with van der Waals surface area (Å²) in [6, 6.07) is 9.30. The highest BCUT2D eigenvalue weighted by atomic mass is 35.5. The van der Waals surface area contributed by atoms with Crippen LogP contribution in [-0.4, -0.2) is 33.7 Å². The van der Waals surface area contributed by atoms with Crippen molar-refractivity contribution in [2.24, 2.45) is 5.73 Å². The van der Waals surface area contributed by atoms with Crippen LogP contribution in [0.3, 0.4) is 0 Å². The molecule has 0 spiro atoms. The molecule has 0 aliphatic rings. The Labute approximate surface area is 155 Å². The van der Waals surface area contributed by atoms with Crippen LogP contribution in [-0.2, 0) is 0 Å². The first kappa shape index (κ1) is 21.7. The smallest absolute Gasteiger partial charge is 0.493 e. The summed E-state index contributed by atoms with van der Waals surface area (Å²) in [6.07, 6.45) is -4.84. The van der Waals surface area contributed by atoms with E-state index in [9.17, 15) is 13.2 Å². The first-order chi connectivity index (χ1) is 11.9. The van der Waals surface area contributed by atoms with E-state index in [1.165, 1.54) is 26.4 Å². The molecule has 0 bridgehead atoms. The molecule has 0 saturated heterocycles. The number of rotatable bonds is 7. The zero-order valence-electron chi connectivity index (χ0n) is 14.1. The summed E-state index contributed by atoms with van der Waals surface area (Å²) < 4.78 is 57.6. The summed E-state index contributed by atoms with van der Waals surface area (Å²) in [4.78, 5) is 0. The molecule has 2 rings (SSSR count). The molecular formula is C17H19ClF3NO4. The minimum absolute atomic E-state index is 0. The zero-order chi connectivity index (χ0) is 18.4. The second-order valence-corrected chi connectivity index (χ2v) is 4.92. The van der Waals surface area contributed by atoms with Crippen molar-refractivity contribution < 1.29 is 32.1 Å². The van der Waals surface area contributed by atoms with Crippen molar-refractivity contribution in [3.05, 3.63) is 36.4 Å². The van der Waals surface area contributed by atoms with Gasteiger partial charge in [0.1, 0.15) is 6.61 Å². The van der Waals surface area contributed by atoms with Crippen LogP contribution in [0.1, 0.15) is 0 Å². The molecule has 0 saturated carbocycles. The highest BCUT2D eigenvalue weighted by Crippen LogP contribution is 2.38. The lowest BCUT2D eigenvalue weighted by Crippen LogP contribution is -2.18. The molecule has 0 aliphatic heterocycles. The molecule has 9 heteroatoms. The SMILES string of the molecule is COc1ccc(-c2ccc(OCCN)c(OC(F)(F)F)c2)cc1OC.Cl. The third-order valence-corrected chi connectivity index (χ3v) is 3.26. The number of methoxy groups -OCH3 is 2. The van der Waals surface area contributed by atoms with Crippen LogP contribution in [0.25, 0.3) is 11.1 Å². The van der Waals surface area contributed by atoms with Gasteiger partial charge in [0.05, 0.1) is 14.2 Å². The van der Waals surface area contributed by atoms with E-state index in [4.69, 9.17) is 19.9 Å². The van der Waals surface area contributed by atoms with Gasteiger partial charge in [0.15, 0.2) is 23.0 Å². The van der Waals surface area contributed by atoms with Gasteiger partial charge in [-0.3, -0.25) is 0 Å². The van der Waals surface area contributed by atoms with Crippen LogP contribution >= 0.6 is 12.4 Å². The van der Waals surface area contributed by atoms with Crippen molar-refractivity contribution in [3.8, 4) is 34.1 Å². The maximum Gasteiger partial charge on any atom is 0.573 e. The molecule has 26 heavy (non-hydrogen) atoms. The topological polar surface area (TPSA) is 62.9 Å². The minimum atomic E-state index is -4.84. The highest BCUT2D eigenvalue weighted by molar-refractivity contribution is 5.85. The van der Waals surface area contributed by atoms with Crippen LogP contribution < -0.4 is 24.7 Å². The molecule has 0 atom stereocenters. The molecule has 0 heterocycles. The predicted molar refractivity (Wildman–Crippen MR) is 93.5 cm³/mol. The van der Waals surface area contributed by atoms with Crippen molar-refractivity contribution in [1.29, 1.82) is 0 Å². The molecule has 5 nitrogen and oxygen atoms in total. The number of ether oxygens (including phenoxy) is 4.